The molecule has 0 bridgehead atoms. The van der Waals surface area contributed by atoms with Crippen LogP contribution in [0.25, 0.3) is 71.7 Å². The average molecular weight is 757 g/mol. The maximum absolute atomic E-state index is 16.3. The fourth-order valence-corrected chi connectivity index (χ4v) is 10.6. The Morgan fingerprint density at radius 3 is 1.88 bits per heavy atom. The number of nitrogens with zero attached hydrogens (tertiary/aromatic N) is 2. The monoisotopic (exact) mass is 756 g/mol. The summed E-state index contributed by atoms with van der Waals surface area (Å²) in [4.78, 5) is 2.39. The van der Waals surface area contributed by atoms with Crippen molar-refractivity contribution in [3.8, 4) is 27.9 Å². The number of rotatable bonds is 4. The molecule has 9 aromatic carbocycles. The molecular formula is C55H33FN2O. The van der Waals surface area contributed by atoms with Crippen molar-refractivity contribution in [1.82, 2.24) is 4.57 Å². The van der Waals surface area contributed by atoms with Crippen LogP contribution < -0.4 is 4.90 Å². The van der Waals surface area contributed by atoms with Crippen LogP contribution in [0.3, 0.4) is 0 Å². The molecule has 1 unspecified atom stereocenters. The van der Waals surface area contributed by atoms with Gasteiger partial charge >= 0.3 is 0 Å². The van der Waals surface area contributed by atoms with Gasteiger partial charge in [-0.2, -0.15) is 0 Å². The lowest BCUT2D eigenvalue weighted by molar-refractivity contribution is 0.629. The summed E-state index contributed by atoms with van der Waals surface area (Å²) in [5.74, 6) is -0.212. The predicted octanol–water partition coefficient (Wildman–Crippen LogP) is 14.6. The maximum Gasteiger partial charge on any atom is 0.145 e. The molecule has 11 aromatic rings. The first-order chi connectivity index (χ1) is 29.2. The standard InChI is InChI=1S/C55H33FN2O/c56-46-27-15-26-44-51(46)39-21-7-11-24-42(39)55(44)43-25-12-8-22-40(43)52-45(55)33-49(53-41-23-10-14-29-50(41)59-54(52)53)57(34-16-3-1-4-17-34)36-30-31-38-37-20-9-13-28-47(37)58(48(38)32-36)35-18-5-2-6-19-35/h1-33H. The van der Waals surface area contributed by atoms with Crippen molar-refractivity contribution in [2.75, 3.05) is 4.90 Å². The van der Waals surface area contributed by atoms with Crippen molar-refractivity contribution >= 4 is 60.8 Å². The summed E-state index contributed by atoms with van der Waals surface area (Å²) >= 11 is 0. The Hall–Kier alpha value is -7.69. The van der Waals surface area contributed by atoms with Gasteiger partial charge in [-0.15, -0.1) is 0 Å². The summed E-state index contributed by atoms with van der Waals surface area (Å²) < 4.78 is 25.8. The molecule has 59 heavy (non-hydrogen) atoms. The third-order valence-electron chi connectivity index (χ3n) is 12.8. The topological polar surface area (TPSA) is 21.3 Å². The molecule has 3 nitrogen and oxygen atoms in total. The Labute approximate surface area is 339 Å². The van der Waals surface area contributed by atoms with Gasteiger partial charge in [-0.3, -0.25) is 0 Å². The van der Waals surface area contributed by atoms with Crippen molar-refractivity contribution in [2.24, 2.45) is 0 Å². The minimum Gasteiger partial charge on any atom is -0.455 e. The molecule has 0 amide bonds. The number of aromatic nitrogens is 1. The van der Waals surface area contributed by atoms with E-state index in [1.165, 1.54) is 10.8 Å². The average Bonchev–Trinajstić information content (AvgIpc) is 4.01. The van der Waals surface area contributed by atoms with Crippen LogP contribution in [-0.2, 0) is 5.41 Å². The second kappa shape index (κ2) is 11.9. The van der Waals surface area contributed by atoms with Gasteiger partial charge in [0.05, 0.1) is 27.5 Å². The molecule has 0 saturated heterocycles. The molecule has 0 aliphatic heterocycles. The Bertz CT molecular complexity index is 3530. The van der Waals surface area contributed by atoms with E-state index < -0.39 is 5.41 Å². The Balaban J connectivity index is 1.19. The normalized spacial score (nSPS) is 14.9. The summed E-state index contributed by atoms with van der Waals surface area (Å²) in [7, 11) is 0. The second-order valence-corrected chi connectivity index (χ2v) is 15.7. The largest absolute Gasteiger partial charge is 0.455 e. The molecule has 4 heteroatoms. The van der Waals surface area contributed by atoms with Crippen molar-refractivity contribution in [1.29, 1.82) is 0 Å². The van der Waals surface area contributed by atoms with Crippen molar-refractivity contribution in [2.45, 2.75) is 5.41 Å². The van der Waals surface area contributed by atoms with E-state index in [4.69, 9.17) is 4.42 Å². The van der Waals surface area contributed by atoms with Crippen LogP contribution in [-0.4, -0.2) is 4.57 Å². The molecular weight excluding hydrogens is 724 g/mol. The highest BCUT2D eigenvalue weighted by Crippen LogP contribution is 2.65. The molecule has 2 aliphatic carbocycles. The van der Waals surface area contributed by atoms with Crippen LogP contribution in [0.4, 0.5) is 21.5 Å². The summed E-state index contributed by atoms with van der Waals surface area (Å²) in [5.41, 5.74) is 15.2. The highest BCUT2D eigenvalue weighted by molar-refractivity contribution is 6.20. The summed E-state index contributed by atoms with van der Waals surface area (Å²) in [6.07, 6.45) is 0. The second-order valence-electron chi connectivity index (χ2n) is 15.7. The zero-order chi connectivity index (χ0) is 38.8. The van der Waals surface area contributed by atoms with Crippen LogP contribution in [0.5, 0.6) is 0 Å². The lowest BCUT2D eigenvalue weighted by Gasteiger charge is -2.32. The van der Waals surface area contributed by atoms with Gasteiger partial charge in [-0.05, 0) is 94.0 Å². The quantitative estimate of drug-likeness (QED) is 0.178. The first-order valence-corrected chi connectivity index (χ1v) is 20.1. The summed E-state index contributed by atoms with van der Waals surface area (Å²) in [6, 6.07) is 70.1. The summed E-state index contributed by atoms with van der Waals surface area (Å²) in [5, 5.41) is 4.46. The third-order valence-corrected chi connectivity index (χ3v) is 12.8. The zero-order valence-electron chi connectivity index (χ0n) is 31.7. The number of furan rings is 1. The lowest BCUT2D eigenvalue weighted by atomic mass is 9.70. The molecule has 2 heterocycles. The zero-order valence-corrected chi connectivity index (χ0v) is 31.7. The van der Waals surface area contributed by atoms with Gasteiger partial charge in [0.1, 0.15) is 17.0 Å². The fourth-order valence-electron chi connectivity index (χ4n) is 10.6. The van der Waals surface area contributed by atoms with Crippen molar-refractivity contribution in [3.63, 3.8) is 0 Å². The Kier molecular flexibility index (Phi) is 6.55. The number of halogens is 1. The van der Waals surface area contributed by atoms with E-state index in [-0.39, 0.29) is 5.82 Å². The minimum absolute atomic E-state index is 0.212. The highest BCUT2D eigenvalue weighted by Gasteiger charge is 2.53. The number of para-hydroxylation sites is 4. The van der Waals surface area contributed by atoms with E-state index in [1.807, 2.05) is 18.2 Å². The maximum atomic E-state index is 16.3. The van der Waals surface area contributed by atoms with E-state index in [9.17, 15) is 0 Å². The van der Waals surface area contributed by atoms with E-state index >= 15 is 4.39 Å². The van der Waals surface area contributed by atoms with Gasteiger partial charge in [0.15, 0.2) is 0 Å². The molecule has 1 spiro atoms. The minimum atomic E-state index is -0.784. The number of anilines is 3. The molecule has 0 radical (unpaired) electrons. The summed E-state index contributed by atoms with van der Waals surface area (Å²) in [6.45, 7) is 0. The number of benzene rings is 9. The van der Waals surface area contributed by atoms with Crippen LogP contribution in [0.15, 0.2) is 205 Å². The molecule has 13 rings (SSSR count). The first-order valence-electron chi connectivity index (χ1n) is 20.1. The van der Waals surface area contributed by atoms with Crippen LogP contribution in [0.2, 0.25) is 0 Å². The number of hydrogen-bond acceptors (Lipinski definition) is 2. The van der Waals surface area contributed by atoms with Crippen LogP contribution in [0, 0.1) is 5.82 Å². The number of fused-ring (bicyclic) bond motifs is 17. The van der Waals surface area contributed by atoms with E-state index in [1.54, 1.807) is 6.07 Å². The van der Waals surface area contributed by atoms with E-state index in [0.717, 1.165) is 94.7 Å². The molecule has 0 N–H and O–H groups in total. The van der Waals surface area contributed by atoms with Gasteiger partial charge in [0, 0.05) is 44.3 Å². The molecule has 1 atom stereocenters. The molecule has 0 saturated carbocycles. The highest BCUT2D eigenvalue weighted by atomic mass is 19.1. The van der Waals surface area contributed by atoms with E-state index in [0.29, 0.717) is 5.56 Å². The molecule has 2 aromatic heterocycles. The van der Waals surface area contributed by atoms with Crippen molar-refractivity contribution in [3.05, 3.63) is 228 Å². The van der Waals surface area contributed by atoms with Gasteiger partial charge in [0.25, 0.3) is 0 Å². The predicted molar refractivity (Wildman–Crippen MR) is 239 cm³/mol. The third kappa shape index (κ3) is 4.19. The smallest absolute Gasteiger partial charge is 0.145 e. The molecule has 2 aliphatic rings. The van der Waals surface area contributed by atoms with Crippen molar-refractivity contribution < 1.29 is 8.81 Å². The lowest BCUT2D eigenvalue weighted by Crippen LogP contribution is -2.26. The van der Waals surface area contributed by atoms with E-state index in [2.05, 4.69) is 185 Å². The van der Waals surface area contributed by atoms with Gasteiger partial charge in [-0.25, -0.2) is 4.39 Å². The Morgan fingerprint density at radius 1 is 0.458 bits per heavy atom. The van der Waals surface area contributed by atoms with Crippen LogP contribution in [0.1, 0.15) is 22.3 Å². The molecule has 276 valence electrons. The SMILES string of the molecule is Fc1cccc2c1-c1ccccc1C21c2ccccc2-c2c1cc(N(c1ccccc1)c1ccc3c4ccccc4n(-c4ccccc4)c3c1)c1c2oc2ccccc21. The van der Waals surface area contributed by atoms with Gasteiger partial charge in [0.2, 0.25) is 0 Å². The molecule has 0 fully saturated rings. The van der Waals surface area contributed by atoms with Crippen LogP contribution >= 0.6 is 0 Å². The number of hydrogen-bond donors (Lipinski definition) is 0. The fraction of sp³-hybridized carbons (Fsp3) is 0.0182. The van der Waals surface area contributed by atoms with Gasteiger partial charge in [-0.1, -0.05) is 140 Å². The van der Waals surface area contributed by atoms with Gasteiger partial charge < -0.3 is 13.9 Å². The Morgan fingerprint density at radius 2 is 1.08 bits per heavy atom. The first kappa shape index (κ1) is 32.4.